The summed E-state index contributed by atoms with van der Waals surface area (Å²) in [6, 6.07) is 16.6. The molecule has 0 unspecified atom stereocenters. The number of hydrogen-bond donors (Lipinski definition) is 1. The maximum Gasteiger partial charge on any atom is 0.138 e. The van der Waals surface area contributed by atoms with Crippen molar-refractivity contribution >= 4 is 23.0 Å². The lowest BCUT2D eigenvalue weighted by Gasteiger charge is -2.05. The van der Waals surface area contributed by atoms with Gasteiger partial charge in [-0.2, -0.15) is 0 Å². The van der Waals surface area contributed by atoms with E-state index in [9.17, 15) is 4.79 Å². The lowest BCUT2D eigenvalue weighted by Crippen LogP contribution is -2.17. The molecule has 1 fully saturated rings. The molecule has 0 amide bonds. The number of halogens is 1. The van der Waals surface area contributed by atoms with Gasteiger partial charge in [0.15, 0.2) is 0 Å². The molecule has 3 rings (SSSR count). The predicted molar refractivity (Wildman–Crippen MR) is 182 cm³/mol. The van der Waals surface area contributed by atoms with Crippen molar-refractivity contribution < 1.29 is 4.79 Å². The summed E-state index contributed by atoms with van der Waals surface area (Å²) >= 11 is 5.71. The zero-order chi connectivity index (χ0) is 30.9. The van der Waals surface area contributed by atoms with E-state index in [-0.39, 0.29) is 5.92 Å². The van der Waals surface area contributed by atoms with Gasteiger partial charge in [0.1, 0.15) is 5.78 Å². The van der Waals surface area contributed by atoms with Crippen LogP contribution in [0.25, 0.3) is 5.57 Å². The Morgan fingerprint density at radius 1 is 1.02 bits per heavy atom. The van der Waals surface area contributed by atoms with Gasteiger partial charge < -0.3 is 5.32 Å². The molecule has 0 bridgehead atoms. The van der Waals surface area contributed by atoms with Gasteiger partial charge in [-0.3, -0.25) is 4.79 Å². The van der Waals surface area contributed by atoms with E-state index in [1.165, 1.54) is 35.1 Å². The molecule has 1 heterocycles. The Morgan fingerprint density at radius 2 is 1.68 bits per heavy atom. The quantitative estimate of drug-likeness (QED) is 0.321. The van der Waals surface area contributed by atoms with Crippen molar-refractivity contribution in [1.29, 1.82) is 0 Å². The van der Waals surface area contributed by atoms with Gasteiger partial charge >= 0.3 is 0 Å². The minimum atomic E-state index is 0.212. The minimum absolute atomic E-state index is 0.212. The lowest BCUT2D eigenvalue weighted by molar-refractivity contribution is -0.122. The summed E-state index contributed by atoms with van der Waals surface area (Å²) < 4.78 is 0. The van der Waals surface area contributed by atoms with Gasteiger partial charge in [-0.1, -0.05) is 133 Å². The number of Topliss-reactive ketones (excluding diaryl/α,β-unsaturated/α-hetero) is 1. The highest BCUT2D eigenvalue weighted by molar-refractivity contribution is 6.31. The van der Waals surface area contributed by atoms with Crippen LogP contribution in [0.2, 0.25) is 5.02 Å². The van der Waals surface area contributed by atoms with Crippen molar-refractivity contribution in [2.24, 2.45) is 5.92 Å². The Balaban J connectivity index is 0. The van der Waals surface area contributed by atoms with Gasteiger partial charge in [-0.15, -0.1) is 0 Å². The number of allylic oxidation sites excluding steroid dienone is 5. The molecule has 224 valence electrons. The van der Waals surface area contributed by atoms with Gasteiger partial charge in [0, 0.05) is 29.6 Å². The van der Waals surface area contributed by atoms with E-state index in [0.29, 0.717) is 5.78 Å². The van der Waals surface area contributed by atoms with Crippen LogP contribution in [-0.4, -0.2) is 12.3 Å². The van der Waals surface area contributed by atoms with Gasteiger partial charge in [0.25, 0.3) is 0 Å². The number of nitrogens with one attached hydrogen (secondary N) is 1. The van der Waals surface area contributed by atoms with Crippen molar-refractivity contribution in [2.45, 2.75) is 108 Å². The van der Waals surface area contributed by atoms with Crippen LogP contribution in [0, 0.1) is 12.8 Å². The van der Waals surface area contributed by atoms with E-state index in [2.05, 4.69) is 82.9 Å². The van der Waals surface area contributed by atoms with Gasteiger partial charge in [-0.05, 0) is 75.3 Å². The number of benzene rings is 2. The summed E-state index contributed by atoms with van der Waals surface area (Å²) in [5, 5.41) is 3.95. The van der Waals surface area contributed by atoms with E-state index in [0.717, 1.165) is 48.5 Å². The molecule has 1 N–H and O–H groups in total. The zero-order valence-electron chi connectivity index (χ0n) is 27.3. The van der Waals surface area contributed by atoms with E-state index in [1.54, 1.807) is 0 Å². The monoisotopic (exact) mass is 567 g/mol. The number of aryl methyl sites for hydroxylation is 2. The third kappa shape index (κ3) is 17.9. The third-order valence-electron chi connectivity index (χ3n) is 6.22. The summed E-state index contributed by atoms with van der Waals surface area (Å²) in [7, 11) is 0. The average molecular weight is 568 g/mol. The fourth-order valence-electron chi connectivity index (χ4n) is 3.81. The lowest BCUT2D eigenvalue weighted by atomic mass is 9.98. The normalized spacial score (nSPS) is 14.1. The molecule has 0 aromatic heterocycles. The summed E-state index contributed by atoms with van der Waals surface area (Å²) in [6.45, 7) is 25.3. The van der Waals surface area contributed by atoms with Gasteiger partial charge in [0.2, 0.25) is 0 Å². The van der Waals surface area contributed by atoms with E-state index in [1.807, 2.05) is 58.9 Å². The highest BCUT2D eigenvalue weighted by Crippen LogP contribution is 2.19. The van der Waals surface area contributed by atoms with E-state index in [4.69, 9.17) is 11.6 Å². The number of carbonyl (C=O) groups is 1. The van der Waals surface area contributed by atoms with E-state index < -0.39 is 0 Å². The fourth-order valence-corrected chi connectivity index (χ4v) is 3.95. The fraction of sp³-hybridized carbons (Fsp3) is 0.486. The molecule has 1 saturated heterocycles. The number of hydrogen-bond acceptors (Lipinski definition) is 2. The SMILES string of the molecule is C/C=C(C)/C=C(\C)c1cccc(CCC)c1.C=C1C[C@@H](C(=O)CCCC)CN1.CC.CC.Cc1ccccc1Cl. The number of carbonyl (C=O) groups excluding carboxylic acids is 1. The molecule has 1 aliphatic heterocycles. The minimum Gasteiger partial charge on any atom is -0.388 e. The largest absolute Gasteiger partial charge is 0.388 e. The molecule has 0 radical (unpaired) electrons. The van der Waals surface area contributed by atoms with Crippen LogP contribution in [0.3, 0.4) is 0 Å². The molecule has 2 aromatic carbocycles. The van der Waals surface area contributed by atoms with Crippen molar-refractivity contribution in [3.8, 4) is 0 Å². The Morgan fingerprint density at radius 3 is 2.15 bits per heavy atom. The maximum atomic E-state index is 11.5. The van der Waals surface area contributed by atoms with Gasteiger partial charge in [-0.25, -0.2) is 0 Å². The Labute approximate surface area is 253 Å². The number of ketones is 1. The zero-order valence-corrected chi connectivity index (χ0v) is 28.0. The summed E-state index contributed by atoms with van der Waals surface area (Å²) in [5.74, 6) is 0.618. The van der Waals surface area contributed by atoms with Crippen LogP contribution in [0.4, 0.5) is 0 Å². The molecular weight excluding hydrogens is 510 g/mol. The highest BCUT2D eigenvalue weighted by atomic mass is 35.5. The smallest absolute Gasteiger partial charge is 0.138 e. The molecule has 3 heteroatoms. The first kappa shape index (κ1) is 39.6. The van der Waals surface area contributed by atoms with Crippen molar-refractivity contribution in [3.63, 3.8) is 0 Å². The molecule has 2 nitrogen and oxygen atoms in total. The van der Waals surface area contributed by atoms with E-state index >= 15 is 0 Å². The van der Waals surface area contributed by atoms with Crippen LogP contribution >= 0.6 is 11.6 Å². The van der Waals surface area contributed by atoms with Crippen molar-refractivity contribution in [3.05, 3.63) is 100 Å². The molecule has 0 saturated carbocycles. The molecular formula is C37H58ClNO. The topological polar surface area (TPSA) is 29.1 Å². The summed E-state index contributed by atoms with van der Waals surface area (Å²) in [6.07, 6.45) is 10.5. The van der Waals surface area contributed by atoms with Crippen LogP contribution in [-0.2, 0) is 11.2 Å². The second kappa shape index (κ2) is 25.4. The van der Waals surface area contributed by atoms with Crippen LogP contribution in [0.15, 0.2) is 78.5 Å². The highest BCUT2D eigenvalue weighted by Gasteiger charge is 2.23. The Bertz CT molecular complexity index is 997. The first-order valence-electron chi connectivity index (χ1n) is 15.3. The molecule has 1 atom stereocenters. The van der Waals surface area contributed by atoms with Crippen molar-refractivity contribution in [2.75, 3.05) is 6.54 Å². The van der Waals surface area contributed by atoms with Crippen LogP contribution in [0.1, 0.15) is 111 Å². The molecule has 2 aromatic rings. The first-order valence-corrected chi connectivity index (χ1v) is 15.7. The predicted octanol–water partition coefficient (Wildman–Crippen LogP) is 11.6. The number of rotatable bonds is 8. The summed E-state index contributed by atoms with van der Waals surface area (Å²) in [4.78, 5) is 11.5. The average Bonchev–Trinajstić information content (AvgIpc) is 3.42. The van der Waals surface area contributed by atoms with Gasteiger partial charge in [0.05, 0.1) is 0 Å². The maximum absolute atomic E-state index is 11.5. The Hall–Kier alpha value is -2.58. The summed E-state index contributed by atoms with van der Waals surface area (Å²) in [5.41, 5.74) is 7.59. The molecule has 1 aliphatic rings. The second-order valence-corrected chi connectivity index (χ2v) is 9.92. The van der Waals surface area contributed by atoms with Crippen molar-refractivity contribution in [1.82, 2.24) is 5.32 Å². The molecule has 40 heavy (non-hydrogen) atoms. The standard InChI is InChI=1S/C16H22.C10H17NO.C7H7Cl.2C2H6/c1-5-8-15-9-7-10-16(12-15)14(4)11-13(3)6-2;1-3-4-5-10(12)9-6-8(2)11-7-9;1-6-4-2-3-5-7(6)8;2*1-2/h6-7,9-12H,5,8H2,1-4H3;9,11H,2-7H2,1H3;2-5H,1H3;2*1-2H3/b13-6+,14-11+;;;;/t;9-;;;/m.1.../s1. The van der Waals surface area contributed by atoms with Crippen LogP contribution in [0.5, 0.6) is 0 Å². The third-order valence-corrected chi connectivity index (χ3v) is 6.64. The number of unbranched alkanes of at least 4 members (excludes halogenated alkanes) is 1. The first-order chi connectivity index (χ1) is 19.2. The Kier molecular flexibility index (Phi) is 25.1. The second-order valence-electron chi connectivity index (χ2n) is 9.51. The molecule has 0 aliphatic carbocycles. The molecule has 0 spiro atoms. The van der Waals surface area contributed by atoms with Crippen LogP contribution < -0.4 is 5.32 Å².